The van der Waals surface area contributed by atoms with E-state index in [0.29, 0.717) is 22.2 Å². The first kappa shape index (κ1) is 16.1. The number of nitrogens with one attached hydrogen (secondary N) is 1. The Bertz CT molecular complexity index is 480. The van der Waals surface area contributed by atoms with Crippen molar-refractivity contribution < 1.29 is 9.59 Å². The van der Waals surface area contributed by atoms with Crippen LogP contribution in [0.4, 0.5) is 15.3 Å². The summed E-state index contributed by atoms with van der Waals surface area (Å²) < 4.78 is 0. The minimum absolute atomic E-state index is 0.270. The number of nitrogens with zero attached hydrogens (tertiary/aromatic N) is 1. The molecule has 0 fully saturated rings. The van der Waals surface area contributed by atoms with Crippen molar-refractivity contribution in [1.82, 2.24) is 4.90 Å². The predicted molar refractivity (Wildman–Crippen MR) is 78.3 cm³/mol. The molecular weight excluding hydrogens is 311 g/mol. The largest absolute Gasteiger partial charge is 0.329 e. The number of carbonyl (C=O) groups is 2. The van der Waals surface area contributed by atoms with Crippen molar-refractivity contribution in [2.75, 3.05) is 11.9 Å². The lowest BCUT2D eigenvalue weighted by Gasteiger charge is -2.18. The number of carbonyl (C=O) groups excluding carboxylic acids is 2. The zero-order chi connectivity index (χ0) is 14.4. The van der Waals surface area contributed by atoms with E-state index in [2.05, 4.69) is 5.32 Å². The molecule has 0 aliphatic carbocycles. The van der Waals surface area contributed by atoms with Gasteiger partial charge < -0.3 is 5.32 Å². The average molecular weight is 324 g/mol. The zero-order valence-corrected chi connectivity index (χ0v) is 12.5. The second kappa shape index (κ2) is 7.58. The maximum absolute atomic E-state index is 11.9. The predicted octanol–water partition coefficient (Wildman–Crippen LogP) is 4.99. The van der Waals surface area contributed by atoms with Crippen LogP contribution in [-0.4, -0.2) is 22.8 Å². The Morgan fingerprint density at radius 3 is 2.47 bits per heavy atom. The normalized spacial score (nSPS) is 10.1. The molecule has 0 aromatic heterocycles. The highest BCUT2D eigenvalue weighted by molar-refractivity contribution is 6.64. The van der Waals surface area contributed by atoms with E-state index in [0.717, 1.165) is 11.3 Å². The fraction of sp³-hybridized carbons (Fsp3) is 0.333. The summed E-state index contributed by atoms with van der Waals surface area (Å²) in [7, 11) is 0. The lowest BCUT2D eigenvalue weighted by atomic mass is 10.3. The number of imide groups is 1. The van der Waals surface area contributed by atoms with Gasteiger partial charge in [0, 0.05) is 12.2 Å². The maximum atomic E-state index is 11.9. The van der Waals surface area contributed by atoms with Crippen LogP contribution in [0.3, 0.4) is 0 Å². The molecule has 0 aliphatic heterocycles. The molecule has 104 valence electrons. The molecule has 0 atom stereocenters. The standard InChI is InChI=1S/C12H13Cl3N2O2/c1-2-3-6-17(11(15)18)12(19)16-8-4-5-9(13)10(14)7-8/h4-5,7H,2-3,6H2,1H3,(H,16,19). The number of amides is 3. The highest BCUT2D eigenvalue weighted by Crippen LogP contribution is 2.25. The van der Waals surface area contributed by atoms with Crippen molar-refractivity contribution >= 4 is 51.9 Å². The van der Waals surface area contributed by atoms with Crippen molar-refractivity contribution in [3.05, 3.63) is 28.2 Å². The molecule has 0 radical (unpaired) electrons. The average Bonchev–Trinajstić information content (AvgIpc) is 2.34. The van der Waals surface area contributed by atoms with Crippen molar-refractivity contribution in [3.63, 3.8) is 0 Å². The minimum Gasteiger partial charge on any atom is -0.307 e. The van der Waals surface area contributed by atoms with E-state index in [1.54, 1.807) is 12.1 Å². The summed E-state index contributed by atoms with van der Waals surface area (Å²) in [6, 6.07) is 4.05. The molecule has 4 nitrogen and oxygen atoms in total. The van der Waals surface area contributed by atoms with Crippen LogP contribution in [0.25, 0.3) is 0 Å². The topological polar surface area (TPSA) is 49.4 Å². The molecule has 7 heteroatoms. The van der Waals surface area contributed by atoms with Gasteiger partial charge in [0.25, 0.3) is 0 Å². The second-order valence-electron chi connectivity index (χ2n) is 3.82. The summed E-state index contributed by atoms with van der Waals surface area (Å²) in [6.45, 7) is 2.22. The summed E-state index contributed by atoms with van der Waals surface area (Å²) in [5, 5.41) is 2.43. The van der Waals surface area contributed by atoms with Crippen LogP contribution < -0.4 is 5.32 Å². The van der Waals surface area contributed by atoms with Crippen LogP contribution in [0.5, 0.6) is 0 Å². The lowest BCUT2D eigenvalue weighted by Crippen LogP contribution is -2.37. The lowest BCUT2D eigenvalue weighted by molar-refractivity contribution is 0.207. The van der Waals surface area contributed by atoms with Gasteiger partial charge in [-0.15, -0.1) is 0 Å². The molecule has 0 unspecified atom stereocenters. The second-order valence-corrected chi connectivity index (χ2v) is 4.95. The molecule has 0 aliphatic rings. The van der Waals surface area contributed by atoms with Crippen LogP contribution in [0.2, 0.25) is 10.0 Å². The van der Waals surface area contributed by atoms with Crippen LogP contribution in [0.1, 0.15) is 19.8 Å². The number of benzene rings is 1. The Hall–Kier alpha value is -0.970. The molecule has 3 amide bonds. The van der Waals surface area contributed by atoms with Crippen LogP contribution in [0, 0.1) is 0 Å². The smallest absolute Gasteiger partial charge is 0.307 e. The van der Waals surface area contributed by atoms with Gasteiger partial charge >= 0.3 is 11.4 Å². The van der Waals surface area contributed by atoms with Gasteiger partial charge in [0.05, 0.1) is 10.0 Å². The van der Waals surface area contributed by atoms with E-state index >= 15 is 0 Å². The van der Waals surface area contributed by atoms with Crippen molar-refractivity contribution in [3.8, 4) is 0 Å². The van der Waals surface area contributed by atoms with E-state index in [-0.39, 0.29) is 6.54 Å². The van der Waals surface area contributed by atoms with Crippen LogP contribution in [0.15, 0.2) is 18.2 Å². The van der Waals surface area contributed by atoms with Crippen LogP contribution >= 0.6 is 34.8 Å². The molecule has 0 saturated heterocycles. The highest BCUT2D eigenvalue weighted by Gasteiger charge is 2.19. The van der Waals surface area contributed by atoms with Gasteiger partial charge in [0.2, 0.25) is 0 Å². The first-order valence-electron chi connectivity index (χ1n) is 5.68. The fourth-order valence-corrected chi connectivity index (χ4v) is 1.81. The summed E-state index contributed by atoms with van der Waals surface area (Å²) in [4.78, 5) is 24.0. The van der Waals surface area contributed by atoms with E-state index in [9.17, 15) is 9.59 Å². The SMILES string of the molecule is CCCCN(C(=O)Cl)C(=O)Nc1ccc(Cl)c(Cl)c1. The summed E-state index contributed by atoms with van der Waals surface area (Å²) in [5.41, 5.74) is 0.443. The molecule has 19 heavy (non-hydrogen) atoms. The van der Waals surface area contributed by atoms with Gasteiger partial charge in [-0.3, -0.25) is 9.69 Å². The van der Waals surface area contributed by atoms with Gasteiger partial charge in [-0.05, 0) is 36.2 Å². The van der Waals surface area contributed by atoms with E-state index in [4.69, 9.17) is 34.8 Å². The van der Waals surface area contributed by atoms with Gasteiger partial charge in [0.1, 0.15) is 0 Å². The van der Waals surface area contributed by atoms with Crippen molar-refractivity contribution in [1.29, 1.82) is 0 Å². The summed E-state index contributed by atoms with van der Waals surface area (Å²) in [6.07, 6.45) is 1.54. The van der Waals surface area contributed by atoms with Gasteiger partial charge in [-0.1, -0.05) is 36.5 Å². The molecular formula is C12H13Cl3N2O2. The zero-order valence-electron chi connectivity index (χ0n) is 10.3. The molecule has 1 rings (SSSR count). The Morgan fingerprint density at radius 1 is 1.26 bits per heavy atom. The Kier molecular flexibility index (Phi) is 6.42. The van der Waals surface area contributed by atoms with Crippen molar-refractivity contribution in [2.24, 2.45) is 0 Å². The minimum atomic E-state index is -0.814. The number of hydrogen-bond donors (Lipinski definition) is 1. The quantitative estimate of drug-likeness (QED) is 0.627. The third kappa shape index (κ3) is 4.90. The van der Waals surface area contributed by atoms with E-state index in [1.165, 1.54) is 6.07 Å². The Labute approximate surface area is 126 Å². The third-order valence-corrected chi connectivity index (χ3v) is 3.31. The van der Waals surface area contributed by atoms with Gasteiger partial charge in [-0.2, -0.15) is 0 Å². The number of unbranched alkanes of at least 4 members (excludes halogenated alkanes) is 1. The van der Waals surface area contributed by atoms with E-state index < -0.39 is 11.4 Å². The van der Waals surface area contributed by atoms with Gasteiger partial charge in [0.15, 0.2) is 0 Å². The number of rotatable bonds is 4. The number of halogens is 3. The molecule has 0 saturated carbocycles. The third-order valence-electron chi connectivity index (χ3n) is 2.36. The Morgan fingerprint density at radius 2 is 1.95 bits per heavy atom. The molecule has 1 N–H and O–H groups in total. The van der Waals surface area contributed by atoms with Gasteiger partial charge in [-0.25, -0.2) is 4.79 Å². The first-order chi connectivity index (χ1) is 8.95. The molecule has 0 heterocycles. The molecule has 0 spiro atoms. The fourth-order valence-electron chi connectivity index (χ4n) is 1.35. The molecule has 0 bridgehead atoms. The van der Waals surface area contributed by atoms with Crippen molar-refractivity contribution in [2.45, 2.75) is 19.8 Å². The van der Waals surface area contributed by atoms with Crippen LogP contribution in [-0.2, 0) is 0 Å². The number of anilines is 1. The molecule has 1 aromatic carbocycles. The summed E-state index contributed by atoms with van der Waals surface area (Å²) in [5.74, 6) is 0. The molecule has 1 aromatic rings. The Balaban J connectivity index is 2.75. The number of urea groups is 1. The summed E-state index contributed by atoms with van der Waals surface area (Å²) >= 11 is 17.0. The highest BCUT2D eigenvalue weighted by atomic mass is 35.5. The van der Waals surface area contributed by atoms with E-state index in [1.807, 2.05) is 6.92 Å². The first-order valence-corrected chi connectivity index (χ1v) is 6.82. The monoisotopic (exact) mass is 322 g/mol. The maximum Gasteiger partial charge on any atom is 0.329 e. The number of hydrogen-bond acceptors (Lipinski definition) is 2.